The van der Waals surface area contributed by atoms with Crippen molar-refractivity contribution in [2.45, 2.75) is 45.3 Å². The highest BCUT2D eigenvalue weighted by atomic mass is 16.5. The molecular formula is C16H31N3O2. The Balaban J connectivity index is 1.69. The van der Waals surface area contributed by atoms with Crippen LogP contribution in [0.5, 0.6) is 0 Å². The van der Waals surface area contributed by atoms with Crippen LogP contribution in [-0.4, -0.2) is 85.7 Å². The molecule has 1 amide bonds. The number of morpholine rings is 1. The van der Waals surface area contributed by atoms with Crippen molar-refractivity contribution >= 4 is 5.91 Å². The van der Waals surface area contributed by atoms with Crippen LogP contribution < -0.4 is 0 Å². The lowest BCUT2D eigenvalue weighted by Gasteiger charge is -2.35. The fourth-order valence-corrected chi connectivity index (χ4v) is 3.32. The molecule has 0 spiro atoms. The van der Waals surface area contributed by atoms with Crippen LogP contribution in [0.25, 0.3) is 0 Å². The first kappa shape index (κ1) is 16.7. The van der Waals surface area contributed by atoms with E-state index in [0.29, 0.717) is 6.54 Å². The first-order valence-electron chi connectivity index (χ1n) is 8.38. The SMILES string of the molecule is C[C@@H]1CN(CC(=O)N(C)CCN2CCCCC2)C[C@@H](C)O1. The Morgan fingerprint density at radius 3 is 2.33 bits per heavy atom. The lowest BCUT2D eigenvalue weighted by molar-refractivity contribution is -0.134. The van der Waals surface area contributed by atoms with E-state index in [0.717, 1.165) is 26.2 Å². The molecule has 2 aliphatic heterocycles. The van der Waals surface area contributed by atoms with Crippen LogP contribution in [-0.2, 0) is 9.53 Å². The minimum absolute atomic E-state index is 0.222. The maximum absolute atomic E-state index is 12.3. The second kappa shape index (κ2) is 8.11. The van der Waals surface area contributed by atoms with Crippen LogP contribution in [0.3, 0.4) is 0 Å². The summed E-state index contributed by atoms with van der Waals surface area (Å²) in [7, 11) is 1.93. The fraction of sp³-hybridized carbons (Fsp3) is 0.938. The van der Waals surface area contributed by atoms with Gasteiger partial charge >= 0.3 is 0 Å². The molecule has 5 nitrogen and oxygen atoms in total. The van der Waals surface area contributed by atoms with Crippen molar-refractivity contribution in [1.82, 2.24) is 14.7 Å². The van der Waals surface area contributed by atoms with Crippen molar-refractivity contribution in [1.29, 1.82) is 0 Å². The minimum atomic E-state index is 0.222. The van der Waals surface area contributed by atoms with Crippen LogP contribution in [0.2, 0.25) is 0 Å². The molecule has 0 aromatic rings. The number of likely N-dealkylation sites (tertiary alicyclic amines) is 1. The molecule has 2 heterocycles. The third-order valence-corrected chi connectivity index (χ3v) is 4.48. The number of hydrogen-bond acceptors (Lipinski definition) is 4. The minimum Gasteiger partial charge on any atom is -0.373 e. The van der Waals surface area contributed by atoms with Gasteiger partial charge in [0.15, 0.2) is 0 Å². The van der Waals surface area contributed by atoms with Gasteiger partial charge in [0.05, 0.1) is 18.8 Å². The van der Waals surface area contributed by atoms with Crippen molar-refractivity contribution in [3.63, 3.8) is 0 Å². The van der Waals surface area contributed by atoms with Crippen molar-refractivity contribution in [2.75, 3.05) is 52.9 Å². The van der Waals surface area contributed by atoms with E-state index >= 15 is 0 Å². The maximum atomic E-state index is 12.3. The smallest absolute Gasteiger partial charge is 0.236 e. The molecule has 2 fully saturated rings. The van der Waals surface area contributed by atoms with Crippen LogP contribution in [0.1, 0.15) is 33.1 Å². The summed E-state index contributed by atoms with van der Waals surface area (Å²) in [6.45, 7) is 10.6. The summed E-state index contributed by atoms with van der Waals surface area (Å²) in [5, 5.41) is 0. The summed E-state index contributed by atoms with van der Waals surface area (Å²) in [5.74, 6) is 0.230. The summed E-state index contributed by atoms with van der Waals surface area (Å²) in [6, 6.07) is 0. The number of amides is 1. The second-order valence-corrected chi connectivity index (χ2v) is 6.67. The number of hydrogen-bond donors (Lipinski definition) is 0. The Kier molecular flexibility index (Phi) is 6.45. The van der Waals surface area contributed by atoms with Crippen LogP contribution in [0, 0.1) is 0 Å². The highest BCUT2D eigenvalue weighted by molar-refractivity contribution is 5.78. The van der Waals surface area contributed by atoms with Crippen molar-refractivity contribution < 1.29 is 9.53 Å². The van der Waals surface area contributed by atoms with E-state index in [4.69, 9.17) is 4.74 Å². The summed E-state index contributed by atoms with van der Waals surface area (Å²) in [5.41, 5.74) is 0. The zero-order valence-electron chi connectivity index (χ0n) is 13.9. The second-order valence-electron chi connectivity index (χ2n) is 6.67. The quantitative estimate of drug-likeness (QED) is 0.760. The molecule has 0 N–H and O–H groups in total. The molecule has 0 unspecified atom stereocenters. The van der Waals surface area contributed by atoms with Crippen molar-refractivity contribution in [2.24, 2.45) is 0 Å². The van der Waals surface area contributed by atoms with E-state index in [-0.39, 0.29) is 18.1 Å². The predicted molar refractivity (Wildman–Crippen MR) is 84.4 cm³/mol. The Hall–Kier alpha value is -0.650. The molecule has 2 aliphatic rings. The maximum Gasteiger partial charge on any atom is 0.236 e. The Bertz CT molecular complexity index is 321. The number of carbonyl (C=O) groups is 1. The number of likely N-dealkylation sites (N-methyl/N-ethyl adjacent to an activating group) is 1. The van der Waals surface area contributed by atoms with Gasteiger partial charge in [0.1, 0.15) is 0 Å². The van der Waals surface area contributed by atoms with Gasteiger partial charge in [-0.25, -0.2) is 0 Å². The van der Waals surface area contributed by atoms with E-state index in [1.807, 2.05) is 11.9 Å². The molecule has 0 bridgehead atoms. The van der Waals surface area contributed by atoms with Crippen LogP contribution in [0.4, 0.5) is 0 Å². The van der Waals surface area contributed by atoms with Gasteiger partial charge in [-0.3, -0.25) is 9.69 Å². The van der Waals surface area contributed by atoms with Crippen LogP contribution in [0.15, 0.2) is 0 Å². The van der Waals surface area contributed by atoms with Crippen molar-refractivity contribution in [3.8, 4) is 0 Å². The van der Waals surface area contributed by atoms with E-state index in [1.165, 1.54) is 32.4 Å². The molecule has 2 saturated heterocycles. The molecule has 122 valence electrons. The molecule has 0 saturated carbocycles. The number of nitrogens with zero attached hydrogens (tertiary/aromatic N) is 3. The highest BCUT2D eigenvalue weighted by Crippen LogP contribution is 2.11. The van der Waals surface area contributed by atoms with Gasteiger partial charge in [-0.15, -0.1) is 0 Å². The molecule has 0 aromatic heterocycles. The lowest BCUT2D eigenvalue weighted by atomic mass is 10.1. The molecule has 2 atom stereocenters. The van der Waals surface area contributed by atoms with Crippen LogP contribution >= 0.6 is 0 Å². The molecule has 0 aromatic carbocycles. The van der Waals surface area contributed by atoms with E-state index in [2.05, 4.69) is 23.6 Å². The number of carbonyl (C=O) groups excluding carboxylic acids is 1. The summed E-state index contributed by atoms with van der Waals surface area (Å²) < 4.78 is 5.71. The van der Waals surface area contributed by atoms with E-state index < -0.39 is 0 Å². The van der Waals surface area contributed by atoms with Gasteiger partial charge in [0.25, 0.3) is 0 Å². The number of piperidine rings is 1. The van der Waals surface area contributed by atoms with Gasteiger partial charge in [0, 0.05) is 33.2 Å². The van der Waals surface area contributed by atoms with Gasteiger partial charge < -0.3 is 14.5 Å². The summed E-state index contributed by atoms with van der Waals surface area (Å²) in [6.07, 6.45) is 4.42. The fourth-order valence-electron chi connectivity index (χ4n) is 3.32. The molecule has 0 radical (unpaired) electrons. The van der Waals surface area contributed by atoms with E-state index in [9.17, 15) is 4.79 Å². The Morgan fingerprint density at radius 1 is 1.10 bits per heavy atom. The van der Waals surface area contributed by atoms with E-state index in [1.54, 1.807) is 0 Å². The van der Waals surface area contributed by atoms with Gasteiger partial charge in [-0.05, 0) is 39.8 Å². The third kappa shape index (κ3) is 5.57. The van der Waals surface area contributed by atoms with Gasteiger partial charge in [-0.2, -0.15) is 0 Å². The summed E-state index contributed by atoms with van der Waals surface area (Å²) >= 11 is 0. The molecule has 5 heteroatoms. The first-order chi connectivity index (χ1) is 10.0. The molecule has 21 heavy (non-hydrogen) atoms. The topological polar surface area (TPSA) is 36.0 Å². The zero-order chi connectivity index (χ0) is 15.2. The number of ether oxygens (including phenoxy) is 1. The van der Waals surface area contributed by atoms with Gasteiger partial charge in [-0.1, -0.05) is 6.42 Å². The zero-order valence-corrected chi connectivity index (χ0v) is 13.9. The van der Waals surface area contributed by atoms with Crippen molar-refractivity contribution in [3.05, 3.63) is 0 Å². The average Bonchev–Trinajstić information content (AvgIpc) is 2.44. The average molecular weight is 297 g/mol. The standard InChI is InChI=1S/C16H31N3O2/c1-14-11-19(12-15(2)21-14)13-16(20)17(3)9-10-18-7-5-4-6-8-18/h14-15H,4-13H2,1-3H3/t14-,15-/m1/s1. The largest absolute Gasteiger partial charge is 0.373 e. The first-order valence-corrected chi connectivity index (χ1v) is 8.38. The summed E-state index contributed by atoms with van der Waals surface area (Å²) in [4.78, 5) is 18.9. The molecular weight excluding hydrogens is 266 g/mol. The Labute approximate surface area is 129 Å². The molecule has 2 rings (SSSR count). The Morgan fingerprint density at radius 2 is 1.71 bits per heavy atom. The number of rotatable bonds is 5. The molecule has 0 aliphatic carbocycles. The third-order valence-electron chi connectivity index (χ3n) is 4.48. The van der Waals surface area contributed by atoms with Gasteiger partial charge in [0.2, 0.25) is 5.91 Å². The predicted octanol–water partition coefficient (Wildman–Crippen LogP) is 1.04. The normalized spacial score (nSPS) is 28.5. The lowest BCUT2D eigenvalue weighted by Crippen LogP contribution is -2.50. The monoisotopic (exact) mass is 297 g/mol. The highest BCUT2D eigenvalue weighted by Gasteiger charge is 2.24.